The van der Waals surface area contributed by atoms with Gasteiger partial charge < -0.3 is 0 Å². The molecule has 2 fully saturated rings. The second kappa shape index (κ2) is 7.77. The van der Waals surface area contributed by atoms with Crippen LogP contribution in [0.1, 0.15) is 48.8 Å². The molecule has 0 heteroatoms. The highest BCUT2D eigenvalue weighted by Gasteiger charge is 2.32. The molecule has 2 aromatic rings. The molecular weight excluding hydrogens is 312 g/mol. The minimum absolute atomic E-state index is 0.912. The minimum atomic E-state index is 0.912. The van der Waals surface area contributed by atoms with Crippen LogP contribution < -0.4 is 0 Å². The summed E-state index contributed by atoms with van der Waals surface area (Å²) in [6.45, 7) is 3.59. The average Bonchev–Trinajstić information content (AvgIpc) is 3.02. The zero-order chi connectivity index (χ0) is 17.8. The number of benzene rings is 2. The Hall–Kier alpha value is -2.56. The maximum absolute atomic E-state index is 3.59. The van der Waals surface area contributed by atoms with Crippen molar-refractivity contribution >= 4 is 11.6 Å². The largest absolute Gasteiger partial charge is 0.129 e. The van der Waals surface area contributed by atoms with Crippen molar-refractivity contribution in [2.45, 2.75) is 32.1 Å². The second-order valence-corrected chi connectivity index (χ2v) is 7.65. The predicted octanol–water partition coefficient (Wildman–Crippen LogP) is 7.05. The van der Waals surface area contributed by atoms with E-state index in [0.717, 1.165) is 11.8 Å². The fourth-order valence-electron chi connectivity index (χ4n) is 4.70. The summed E-state index contributed by atoms with van der Waals surface area (Å²) in [5, 5.41) is 0. The number of hydrogen-bond donors (Lipinski definition) is 0. The maximum atomic E-state index is 3.59. The van der Waals surface area contributed by atoms with Crippen LogP contribution in [0.2, 0.25) is 0 Å². The van der Waals surface area contributed by atoms with Gasteiger partial charge in [-0.15, -0.1) is 5.73 Å². The van der Waals surface area contributed by atoms with Gasteiger partial charge in [0.25, 0.3) is 0 Å². The summed E-state index contributed by atoms with van der Waals surface area (Å²) < 4.78 is 0. The lowest BCUT2D eigenvalue weighted by molar-refractivity contribution is 0.428. The first-order valence-electron chi connectivity index (χ1n) is 9.74. The van der Waals surface area contributed by atoms with Crippen LogP contribution in [0.4, 0.5) is 0 Å². The van der Waals surface area contributed by atoms with Gasteiger partial charge in [0, 0.05) is 0 Å². The lowest BCUT2D eigenvalue weighted by Crippen LogP contribution is -2.10. The predicted molar refractivity (Wildman–Crippen MR) is 112 cm³/mol. The first-order valence-corrected chi connectivity index (χ1v) is 9.74. The smallest absolute Gasteiger partial charge is 0.0119 e. The maximum Gasteiger partial charge on any atom is -0.0119 e. The third-order valence-corrected chi connectivity index (χ3v) is 5.84. The van der Waals surface area contributed by atoms with E-state index in [1.807, 2.05) is 12.2 Å². The van der Waals surface area contributed by atoms with E-state index >= 15 is 0 Å². The molecule has 0 N–H and O–H groups in total. The van der Waals surface area contributed by atoms with Crippen LogP contribution >= 0.6 is 0 Å². The van der Waals surface area contributed by atoms with Gasteiger partial charge in [-0.25, -0.2) is 0 Å². The van der Waals surface area contributed by atoms with Crippen LogP contribution in [0.25, 0.3) is 11.6 Å². The van der Waals surface area contributed by atoms with Gasteiger partial charge in [0.1, 0.15) is 0 Å². The van der Waals surface area contributed by atoms with E-state index in [9.17, 15) is 0 Å². The quantitative estimate of drug-likeness (QED) is 0.414. The molecule has 0 nitrogen and oxygen atoms in total. The minimum Gasteiger partial charge on any atom is -0.129 e. The zero-order valence-electron chi connectivity index (χ0n) is 15.3. The molecule has 0 amide bonds. The van der Waals surface area contributed by atoms with E-state index in [4.69, 9.17) is 0 Å². The summed E-state index contributed by atoms with van der Waals surface area (Å²) in [7, 11) is 0. The van der Waals surface area contributed by atoms with Crippen molar-refractivity contribution in [2.24, 2.45) is 11.8 Å². The lowest BCUT2D eigenvalue weighted by Gasteiger charge is -2.25. The summed E-state index contributed by atoms with van der Waals surface area (Å²) in [6, 6.07) is 19.9. The molecule has 2 aliphatic rings. The van der Waals surface area contributed by atoms with Crippen molar-refractivity contribution in [3.05, 3.63) is 101 Å². The van der Waals surface area contributed by atoms with Crippen LogP contribution in [0.3, 0.4) is 0 Å². The SMILES string of the molecule is C=C=C/C=C/c1ccc(C(=C2CC3CCC(C2)C3)c2ccccc2)cc1. The lowest BCUT2D eigenvalue weighted by atomic mass is 9.79. The van der Waals surface area contributed by atoms with Crippen molar-refractivity contribution in [1.29, 1.82) is 0 Å². The standard InChI is InChI=1S/C26H26/c1-2-3-5-8-20-13-15-24(16-14-20)26(23-9-6-4-7-10-23)25-18-21-11-12-22(17-21)19-25/h3-10,13-16,21-22H,1,11-12,17-19H2/b8-5+,26-25?. The Morgan fingerprint density at radius 1 is 0.885 bits per heavy atom. The summed E-state index contributed by atoms with van der Waals surface area (Å²) in [5.74, 6) is 1.82. The normalized spacial score (nSPS) is 21.6. The second-order valence-electron chi connectivity index (χ2n) is 7.65. The van der Waals surface area contributed by atoms with E-state index in [2.05, 4.69) is 73.0 Å². The van der Waals surface area contributed by atoms with Crippen LogP contribution in [-0.2, 0) is 0 Å². The van der Waals surface area contributed by atoms with E-state index in [0.29, 0.717) is 0 Å². The Morgan fingerprint density at radius 2 is 1.54 bits per heavy atom. The summed E-state index contributed by atoms with van der Waals surface area (Å²) in [5.41, 5.74) is 9.85. The molecule has 0 saturated heterocycles. The van der Waals surface area contributed by atoms with Gasteiger partial charge in [0.15, 0.2) is 0 Å². The van der Waals surface area contributed by atoms with Crippen molar-refractivity contribution < 1.29 is 0 Å². The van der Waals surface area contributed by atoms with Gasteiger partial charge in [0.05, 0.1) is 0 Å². The molecular formula is C26H26. The Bertz CT molecular complexity index is 844. The van der Waals surface area contributed by atoms with Gasteiger partial charge in [-0.2, -0.15) is 0 Å². The van der Waals surface area contributed by atoms with Crippen LogP contribution in [-0.4, -0.2) is 0 Å². The molecule has 26 heavy (non-hydrogen) atoms. The summed E-state index contributed by atoms with van der Waals surface area (Å²) in [4.78, 5) is 0. The Balaban J connectivity index is 1.73. The first kappa shape index (κ1) is 16.9. The molecule has 0 heterocycles. The average molecular weight is 338 g/mol. The third-order valence-electron chi connectivity index (χ3n) is 5.84. The highest BCUT2D eigenvalue weighted by molar-refractivity contribution is 5.82. The fourth-order valence-corrected chi connectivity index (χ4v) is 4.70. The molecule has 2 aliphatic carbocycles. The number of fused-ring (bicyclic) bond motifs is 2. The van der Waals surface area contributed by atoms with Gasteiger partial charge in [0.2, 0.25) is 0 Å². The number of hydrogen-bond acceptors (Lipinski definition) is 0. The highest BCUT2D eigenvalue weighted by atomic mass is 14.4. The first-order chi connectivity index (χ1) is 12.8. The van der Waals surface area contributed by atoms with E-state index in [1.165, 1.54) is 54.4 Å². The molecule has 2 atom stereocenters. The molecule has 2 aromatic carbocycles. The Labute approximate surface area is 157 Å². The molecule has 4 rings (SSSR count). The van der Waals surface area contributed by atoms with Gasteiger partial charge in [-0.3, -0.25) is 0 Å². The molecule has 2 saturated carbocycles. The number of allylic oxidation sites excluding steroid dienone is 3. The monoisotopic (exact) mass is 338 g/mol. The topological polar surface area (TPSA) is 0 Å². The Kier molecular flexibility index (Phi) is 5.04. The van der Waals surface area contributed by atoms with Crippen molar-refractivity contribution in [3.63, 3.8) is 0 Å². The van der Waals surface area contributed by atoms with Gasteiger partial charge in [-0.1, -0.05) is 78.9 Å². The van der Waals surface area contributed by atoms with Crippen LogP contribution in [0, 0.1) is 11.8 Å². The molecule has 0 spiro atoms. The number of rotatable bonds is 4. The van der Waals surface area contributed by atoms with E-state index in [-0.39, 0.29) is 0 Å². The highest BCUT2D eigenvalue weighted by Crippen LogP contribution is 2.47. The molecule has 130 valence electrons. The van der Waals surface area contributed by atoms with Crippen LogP contribution in [0.5, 0.6) is 0 Å². The molecule has 0 aromatic heterocycles. The van der Waals surface area contributed by atoms with E-state index in [1.54, 1.807) is 5.57 Å². The van der Waals surface area contributed by atoms with Crippen LogP contribution in [0.15, 0.2) is 84.6 Å². The molecule has 0 radical (unpaired) electrons. The Morgan fingerprint density at radius 3 is 2.19 bits per heavy atom. The van der Waals surface area contributed by atoms with E-state index < -0.39 is 0 Å². The molecule has 2 bridgehead atoms. The summed E-state index contributed by atoms with van der Waals surface area (Å²) >= 11 is 0. The van der Waals surface area contributed by atoms with Gasteiger partial charge >= 0.3 is 0 Å². The molecule has 0 aliphatic heterocycles. The molecule has 2 unspecified atom stereocenters. The fraction of sp³-hybridized carbons (Fsp3) is 0.269. The van der Waals surface area contributed by atoms with Crippen molar-refractivity contribution in [3.8, 4) is 0 Å². The van der Waals surface area contributed by atoms with Gasteiger partial charge in [-0.05, 0) is 72.3 Å². The zero-order valence-corrected chi connectivity index (χ0v) is 15.3. The summed E-state index contributed by atoms with van der Waals surface area (Å²) in [6.07, 6.45) is 12.8. The third kappa shape index (κ3) is 3.66. The van der Waals surface area contributed by atoms with Crippen molar-refractivity contribution in [1.82, 2.24) is 0 Å². The van der Waals surface area contributed by atoms with Crippen molar-refractivity contribution in [2.75, 3.05) is 0 Å².